The first-order chi connectivity index (χ1) is 9.20. The molecule has 0 radical (unpaired) electrons. The molecule has 0 spiro atoms. The molecular formula is C13H18N4OS. The third-order valence-corrected chi connectivity index (χ3v) is 4.13. The summed E-state index contributed by atoms with van der Waals surface area (Å²) in [6.45, 7) is 5.87. The number of amides is 1. The number of rotatable bonds is 4. The number of anilines is 1. The van der Waals surface area contributed by atoms with Crippen LogP contribution in [0.4, 0.5) is 5.00 Å². The molecule has 1 aromatic heterocycles. The minimum Gasteiger partial charge on any atom is -0.317 e. The van der Waals surface area contributed by atoms with Crippen molar-refractivity contribution >= 4 is 22.2 Å². The van der Waals surface area contributed by atoms with Gasteiger partial charge in [0.1, 0.15) is 11.1 Å². The first kappa shape index (κ1) is 14.0. The van der Waals surface area contributed by atoms with Gasteiger partial charge in [0.05, 0.1) is 5.56 Å². The first-order valence-electron chi connectivity index (χ1n) is 6.43. The van der Waals surface area contributed by atoms with Crippen LogP contribution in [0.15, 0.2) is 11.4 Å². The van der Waals surface area contributed by atoms with Gasteiger partial charge in [-0.15, -0.1) is 11.3 Å². The summed E-state index contributed by atoms with van der Waals surface area (Å²) in [6.07, 6.45) is 0.465. The molecule has 1 aliphatic rings. The van der Waals surface area contributed by atoms with Gasteiger partial charge in [0, 0.05) is 38.6 Å². The monoisotopic (exact) mass is 278 g/mol. The Kier molecular flexibility index (Phi) is 4.91. The van der Waals surface area contributed by atoms with Crippen LogP contribution in [0, 0.1) is 11.3 Å². The Morgan fingerprint density at radius 3 is 3.32 bits per heavy atom. The second-order valence-corrected chi connectivity index (χ2v) is 5.58. The lowest BCUT2D eigenvalue weighted by Gasteiger charge is -2.33. The van der Waals surface area contributed by atoms with Gasteiger partial charge in [0.2, 0.25) is 5.91 Å². The van der Waals surface area contributed by atoms with Crippen LogP contribution in [0.5, 0.6) is 0 Å². The van der Waals surface area contributed by atoms with Crippen molar-refractivity contribution in [3.8, 4) is 6.07 Å². The number of carbonyl (C=O) groups is 1. The number of nitriles is 1. The van der Waals surface area contributed by atoms with Crippen molar-refractivity contribution < 1.29 is 4.79 Å². The Hall–Kier alpha value is -1.42. The molecule has 6 heteroatoms. The Labute approximate surface area is 117 Å². The van der Waals surface area contributed by atoms with Crippen LogP contribution in [0.2, 0.25) is 0 Å². The zero-order valence-electron chi connectivity index (χ0n) is 11.0. The quantitative estimate of drug-likeness (QED) is 0.869. The standard InChI is InChI=1S/C13H18N4OS/c1-10-9-15-4-6-17(10)5-2-12(18)16-13-11(8-14)3-7-19-13/h3,7,10,15H,2,4-6,9H2,1H3,(H,16,18)/t10-/m0/s1. The molecule has 0 aliphatic carbocycles. The van der Waals surface area contributed by atoms with E-state index in [1.807, 2.05) is 5.38 Å². The van der Waals surface area contributed by atoms with Crippen molar-refractivity contribution in [1.82, 2.24) is 10.2 Å². The van der Waals surface area contributed by atoms with E-state index in [4.69, 9.17) is 5.26 Å². The number of nitrogens with one attached hydrogen (secondary N) is 2. The molecule has 0 aromatic carbocycles. The number of hydrogen-bond acceptors (Lipinski definition) is 5. The smallest absolute Gasteiger partial charge is 0.226 e. The fraction of sp³-hybridized carbons (Fsp3) is 0.538. The number of carbonyl (C=O) groups excluding carboxylic acids is 1. The molecule has 0 unspecified atom stereocenters. The number of thiophene rings is 1. The molecule has 2 heterocycles. The number of nitrogens with zero attached hydrogens (tertiary/aromatic N) is 2. The highest BCUT2D eigenvalue weighted by Gasteiger charge is 2.18. The maximum absolute atomic E-state index is 11.9. The second kappa shape index (κ2) is 6.66. The topological polar surface area (TPSA) is 68.2 Å². The summed E-state index contributed by atoms with van der Waals surface area (Å²) < 4.78 is 0. The molecule has 2 rings (SSSR count). The Balaban J connectivity index is 1.80. The fourth-order valence-corrected chi connectivity index (χ4v) is 2.90. The van der Waals surface area contributed by atoms with Crippen LogP contribution in [-0.2, 0) is 4.79 Å². The highest BCUT2D eigenvalue weighted by molar-refractivity contribution is 7.14. The predicted molar refractivity (Wildman–Crippen MR) is 76.2 cm³/mol. The van der Waals surface area contributed by atoms with E-state index in [0.717, 1.165) is 26.2 Å². The first-order valence-corrected chi connectivity index (χ1v) is 7.31. The van der Waals surface area contributed by atoms with Crippen LogP contribution in [-0.4, -0.2) is 43.0 Å². The third kappa shape index (κ3) is 3.77. The third-order valence-electron chi connectivity index (χ3n) is 3.30. The average Bonchev–Trinajstić information content (AvgIpc) is 2.85. The Morgan fingerprint density at radius 2 is 2.58 bits per heavy atom. The maximum atomic E-state index is 11.9. The van der Waals surface area contributed by atoms with Crippen LogP contribution in [0.1, 0.15) is 18.9 Å². The lowest BCUT2D eigenvalue weighted by atomic mass is 10.2. The van der Waals surface area contributed by atoms with Crippen LogP contribution < -0.4 is 10.6 Å². The summed E-state index contributed by atoms with van der Waals surface area (Å²) in [5.74, 6) is -0.0234. The van der Waals surface area contributed by atoms with Gasteiger partial charge in [0.25, 0.3) is 0 Å². The van der Waals surface area contributed by atoms with Gasteiger partial charge in [-0.3, -0.25) is 9.69 Å². The van der Waals surface area contributed by atoms with Crippen LogP contribution in [0.25, 0.3) is 0 Å². The molecule has 2 N–H and O–H groups in total. The van der Waals surface area contributed by atoms with E-state index >= 15 is 0 Å². The summed E-state index contributed by atoms with van der Waals surface area (Å²) in [7, 11) is 0. The minimum atomic E-state index is -0.0234. The SMILES string of the molecule is C[C@H]1CNCCN1CCC(=O)Nc1sccc1C#N. The van der Waals surface area contributed by atoms with Gasteiger partial charge in [-0.1, -0.05) is 0 Å². The molecule has 0 bridgehead atoms. The van der Waals surface area contributed by atoms with E-state index in [-0.39, 0.29) is 5.91 Å². The van der Waals surface area contributed by atoms with Crippen molar-refractivity contribution in [2.24, 2.45) is 0 Å². The van der Waals surface area contributed by atoms with Crippen molar-refractivity contribution in [2.75, 3.05) is 31.5 Å². The molecule has 1 amide bonds. The molecule has 1 fully saturated rings. The maximum Gasteiger partial charge on any atom is 0.226 e. The van der Waals surface area contributed by atoms with Crippen molar-refractivity contribution in [1.29, 1.82) is 5.26 Å². The van der Waals surface area contributed by atoms with E-state index in [9.17, 15) is 4.79 Å². The van der Waals surface area contributed by atoms with Gasteiger partial charge < -0.3 is 10.6 Å². The van der Waals surface area contributed by atoms with Crippen LogP contribution in [0.3, 0.4) is 0 Å². The molecule has 0 saturated carbocycles. The largest absolute Gasteiger partial charge is 0.317 e. The van der Waals surface area contributed by atoms with Crippen molar-refractivity contribution in [2.45, 2.75) is 19.4 Å². The summed E-state index contributed by atoms with van der Waals surface area (Å²) >= 11 is 1.39. The number of piperazine rings is 1. The molecule has 1 atom stereocenters. The van der Waals surface area contributed by atoms with E-state index in [1.54, 1.807) is 6.07 Å². The van der Waals surface area contributed by atoms with Crippen molar-refractivity contribution in [3.05, 3.63) is 17.0 Å². The summed E-state index contributed by atoms with van der Waals surface area (Å²) in [5.41, 5.74) is 0.536. The lowest BCUT2D eigenvalue weighted by molar-refractivity contribution is -0.116. The molecule has 5 nitrogen and oxygen atoms in total. The second-order valence-electron chi connectivity index (χ2n) is 4.66. The Bertz CT molecular complexity index is 479. The highest BCUT2D eigenvalue weighted by atomic mass is 32.1. The van der Waals surface area contributed by atoms with E-state index in [1.165, 1.54) is 11.3 Å². The minimum absolute atomic E-state index is 0.0234. The summed E-state index contributed by atoms with van der Waals surface area (Å²) in [4.78, 5) is 14.2. The van der Waals surface area contributed by atoms with Gasteiger partial charge in [-0.2, -0.15) is 5.26 Å². The molecule has 1 aromatic rings. The number of hydrogen-bond donors (Lipinski definition) is 2. The zero-order chi connectivity index (χ0) is 13.7. The normalized spacial score (nSPS) is 19.9. The molecule has 19 heavy (non-hydrogen) atoms. The van der Waals surface area contributed by atoms with Crippen LogP contribution >= 0.6 is 11.3 Å². The van der Waals surface area contributed by atoms with Gasteiger partial charge in [0.15, 0.2) is 0 Å². The van der Waals surface area contributed by atoms with Gasteiger partial charge in [-0.25, -0.2) is 0 Å². The zero-order valence-corrected chi connectivity index (χ0v) is 11.8. The van der Waals surface area contributed by atoms with Gasteiger partial charge >= 0.3 is 0 Å². The predicted octanol–water partition coefficient (Wildman–Crippen LogP) is 1.24. The average molecular weight is 278 g/mol. The Morgan fingerprint density at radius 1 is 1.74 bits per heavy atom. The van der Waals surface area contributed by atoms with Crippen molar-refractivity contribution in [3.63, 3.8) is 0 Å². The molecule has 1 aliphatic heterocycles. The molecule has 1 saturated heterocycles. The summed E-state index contributed by atoms with van der Waals surface area (Å²) in [5, 5.41) is 17.5. The lowest BCUT2D eigenvalue weighted by Crippen LogP contribution is -2.50. The van der Waals surface area contributed by atoms with Gasteiger partial charge in [-0.05, 0) is 18.4 Å². The highest BCUT2D eigenvalue weighted by Crippen LogP contribution is 2.22. The molecular weight excluding hydrogens is 260 g/mol. The van der Waals surface area contributed by atoms with E-state index in [0.29, 0.717) is 23.0 Å². The van der Waals surface area contributed by atoms with E-state index in [2.05, 4.69) is 28.5 Å². The molecule has 102 valence electrons. The summed E-state index contributed by atoms with van der Waals surface area (Å²) in [6, 6.07) is 4.26. The van der Waals surface area contributed by atoms with E-state index < -0.39 is 0 Å². The fourth-order valence-electron chi connectivity index (χ4n) is 2.14.